The predicted molar refractivity (Wildman–Crippen MR) is 81.3 cm³/mol. The molecule has 0 radical (unpaired) electrons. The Morgan fingerprint density at radius 2 is 0.903 bits per heavy atom. The van der Waals surface area contributed by atoms with Gasteiger partial charge in [-0.2, -0.15) is 39.5 Å². The summed E-state index contributed by atoms with van der Waals surface area (Å²) in [6.07, 6.45) is -20.3. The molecule has 0 bridgehead atoms. The van der Waals surface area contributed by atoms with Gasteiger partial charge < -0.3 is 28.4 Å². The van der Waals surface area contributed by atoms with E-state index in [4.69, 9.17) is 4.79 Å². The van der Waals surface area contributed by atoms with Crippen LogP contribution in [0.1, 0.15) is 0 Å². The molecular weight excluding hydrogens is 477 g/mol. The number of hydrogen-bond donors (Lipinski definition) is 0. The SMILES string of the molecule is COC(F)C(F)(F)F.COC(OC)C(F)(F)F.COC(OC)OC.F.O=CC(F)(F)F. The first-order valence-corrected chi connectivity index (χ1v) is 6.88. The van der Waals surface area contributed by atoms with E-state index in [0.717, 1.165) is 14.2 Å². The monoisotopic (exact) mass is 500 g/mol. The van der Waals surface area contributed by atoms with Gasteiger partial charge in [-0.3, -0.25) is 9.50 Å². The summed E-state index contributed by atoms with van der Waals surface area (Å²) in [6, 6.07) is 0. The normalized spacial score (nSPS) is 12.3. The van der Waals surface area contributed by atoms with Crippen LogP contribution in [0.3, 0.4) is 0 Å². The first-order valence-electron chi connectivity index (χ1n) is 6.88. The van der Waals surface area contributed by atoms with Crippen molar-refractivity contribution in [2.45, 2.75) is 37.7 Å². The molecule has 0 aliphatic rings. The van der Waals surface area contributed by atoms with E-state index in [1.54, 1.807) is 0 Å². The third-order valence-corrected chi connectivity index (χ3v) is 1.87. The second-order valence-corrected chi connectivity index (χ2v) is 4.09. The van der Waals surface area contributed by atoms with Crippen LogP contribution in [0.4, 0.5) is 48.6 Å². The van der Waals surface area contributed by atoms with Gasteiger partial charge in [0.25, 0.3) is 19.1 Å². The summed E-state index contributed by atoms with van der Waals surface area (Å²) in [7, 11) is 7.05. The first-order chi connectivity index (χ1) is 13.4. The molecule has 18 heteroatoms. The minimum atomic E-state index is -4.88. The molecule has 0 fully saturated rings. The van der Waals surface area contributed by atoms with Gasteiger partial charge in [-0.05, 0) is 0 Å². The second kappa shape index (κ2) is 20.6. The fourth-order valence-electron chi connectivity index (χ4n) is 0.786. The van der Waals surface area contributed by atoms with E-state index >= 15 is 0 Å². The fourth-order valence-corrected chi connectivity index (χ4v) is 0.786. The summed E-state index contributed by atoms with van der Waals surface area (Å²) in [5, 5.41) is 0. The Morgan fingerprint density at radius 3 is 0.903 bits per heavy atom. The predicted octanol–water partition coefficient (Wildman–Crippen LogP) is 3.77. The average molecular weight is 500 g/mol. The Labute approximate surface area is 169 Å². The second-order valence-electron chi connectivity index (χ2n) is 4.09. The van der Waals surface area contributed by atoms with Crippen molar-refractivity contribution in [2.24, 2.45) is 0 Å². The topological polar surface area (TPSA) is 72.5 Å². The van der Waals surface area contributed by atoms with Crippen LogP contribution in [0.5, 0.6) is 0 Å². The van der Waals surface area contributed by atoms with E-state index in [9.17, 15) is 43.9 Å². The van der Waals surface area contributed by atoms with Gasteiger partial charge in [0, 0.05) is 42.7 Å². The lowest BCUT2D eigenvalue weighted by molar-refractivity contribution is -0.294. The van der Waals surface area contributed by atoms with Crippen molar-refractivity contribution in [3.05, 3.63) is 0 Å². The van der Waals surface area contributed by atoms with E-state index in [2.05, 4.69) is 28.4 Å². The number of aldehydes is 1. The zero-order valence-corrected chi connectivity index (χ0v) is 16.9. The van der Waals surface area contributed by atoms with Crippen LogP contribution in [0, 0.1) is 0 Å². The number of methoxy groups -OCH3 is 6. The zero-order chi connectivity index (χ0) is 25.2. The van der Waals surface area contributed by atoms with Gasteiger partial charge in [0.2, 0.25) is 6.29 Å². The van der Waals surface area contributed by atoms with Crippen molar-refractivity contribution in [1.82, 2.24) is 0 Å². The molecule has 0 N–H and O–H groups in total. The lowest BCUT2D eigenvalue weighted by Crippen LogP contribution is -2.32. The lowest BCUT2D eigenvalue weighted by Gasteiger charge is -2.15. The Balaban J connectivity index is -0.0000000969. The number of alkyl halides is 10. The van der Waals surface area contributed by atoms with Gasteiger partial charge in [0.05, 0.1) is 0 Å². The van der Waals surface area contributed by atoms with E-state index < -0.39 is 43.9 Å². The van der Waals surface area contributed by atoms with Crippen molar-refractivity contribution >= 4 is 6.29 Å². The maximum absolute atomic E-state index is 11.5. The Hall–Kier alpha value is -1.34. The van der Waals surface area contributed by atoms with Crippen LogP contribution in [-0.2, 0) is 33.2 Å². The van der Waals surface area contributed by atoms with E-state index in [0.29, 0.717) is 7.11 Å². The summed E-state index contributed by atoms with van der Waals surface area (Å²) in [5.74, 6) is 0. The quantitative estimate of drug-likeness (QED) is 0.313. The molecule has 0 heterocycles. The van der Waals surface area contributed by atoms with E-state index in [1.165, 1.54) is 21.3 Å². The fraction of sp³-hybridized carbons (Fsp3) is 0.923. The molecule has 0 aromatic rings. The van der Waals surface area contributed by atoms with Gasteiger partial charge in [-0.1, -0.05) is 0 Å². The maximum Gasteiger partial charge on any atom is 0.446 e. The molecule has 0 aromatic heterocycles. The van der Waals surface area contributed by atoms with E-state index in [-0.39, 0.29) is 4.70 Å². The minimum absolute atomic E-state index is 0. The van der Waals surface area contributed by atoms with Crippen LogP contribution in [0.2, 0.25) is 0 Å². The van der Waals surface area contributed by atoms with E-state index in [1.807, 2.05) is 0 Å². The number of ether oxygens (including phenoxy) is 6. The molecule has 194 valence electrons. The number of carbonyl (C=O) groups excluding carboxylic acids is 1. The summed E-state index contributed by atoms with van der Waals surface area (Å²) >= 11 is 0. The highest BCUT2D eigenvalue weighted by Crippen LogP contribution is 2.23. The molecule has 31 heavy (non-hydrogen) atoms. The summed E-state index contributed by atoms with van der Waals surface area (Å²) in [5.41, 5.74) is 0. The molecule has 0 saturated heterocycles. The molecule has 0 aliphatic heterocycles. The molecule has 7 nitrogen and oxygen atoms in total. The molecule has 0 aliphatic carbocycles. The van der Waals surface area contributed by atoms with Crippen LogP contribution < -0.4 is 0 Å². The van der Waals surface area contributed by atoms with Gasteiger partial charge in [0.15, 0.2) is 0 Å². The Morgan fingerprint density at radius 1 is 0.613 bits per heavy atom. The summed E-state index contributed by atoms with van der Waals surface area (Å²) < 4.78 is 135. The number of halogens is 11. The van der Waals surface area contributed by atoms with Gasteiger partial charge in [-0.25, -0.2) is 4.39 Å². The van der Waals surface area contributed by atoms with Crippen LogP contribution in [0.25, 0.3) is 0 Å². The molecule has 0 saturated carbocycles. The lowest BCUT2D eigenvalue weighted by atomic mass is 10.6. The van der Waals surface area contributed by atoms with Gasteiger partial charge >= 0.3 is 18.5 Å². The van der Waals surface area contributed by atoms with Crippen LogP contribution in [-0.4, -0.2) is 86.6 Å². The minimum Gasteiger partial charge on any atom is -0.348 e. The van der Waals surface area contributed by atoms with Crippen molar-refractivity contribution in [3.63, 3.8) is 0 Å². The van der Waals surface area contributed by atoms with Crippen LogP contribution >= 0.6 is 0 Å². The summed E-state index contributed by atoms with van der Waals surface area (Å²) in [6.45, 7) is -0.514. The third kappa shape index (κ3) is 30.9. The zero-order valence-electron chi connectivity index (χ0n) is 16.9. The van der Waals surface area contributed by atoms with Crippen molar-refractivity contribution in [1.29, 1.82) is 0 Å². The number of hydrogen-bond acceptors (Lipinski definition) is 7. The van der Waals surface area contributed by atoms with Crippen molar-refractivity contribution in [2.75, 3.05) is 42.7 Å². The molecule has 1 atom stereocenters. The van der Waals surface area contributed by atoms with Crippen molar-refractivity contribution < 1.29 is 81.8 Å². The number of carbonyl (C=O) groups is 1. The maximum atomic E-state index is 11.5. The smallest absolute Gasteiger partial charge is 0.348 e. The molecule has 0 aromatic carbocycles. The largest absolute Gasteiger partial charge is 0.446 e. The molecule has 0 amide bonds. The molecular formula is C13H23F11O7. The van der Waals surface area contributed by atoms with Gasteiger partial charge in [0.1, 0.15) is 0 Å². The first kappa shape index (κ1) is 40.1. The Kier molecular flexibility index (Phi) is 26.6. The van der Waals surface area contributed by atoms with Crippen molar-refractivity contribution in [3.8, 4) is 0 Å². The third-order valence-electron chi connectivity index (χ3n) is 1.87. The highest BCUT2D eigenvalue weighted by Gasteiger charge is 2.40. The molecule has 1 unspecified atom stereocenters. The van der Waals surface area contributed by atoms with Gasteiger partial charge in [-0.15, -0.1) is 0 Å². The average Bonchev–Trinajstić information content (AvgIpc) is 2.62. The standard InChI is InChI=1S/C4H7F3O2.C4H10O3.C3H4F4O.C2HF3O.FH/c1-8-3(9-2)4(5,6)7;1-5-4(6-2)7-3;1-8-2(4)3(5,6)7;3-2(4,5)1-6;/h3H,1-2H3;4H,1-3H3;2H,1H3;1H;1H. The highest BCUT2D eigenvalue weighted by molar-refractivity contribution is 5.56. The summed E-state index contributed by atoms with van der Waals surface area (Å²) in [4.78, 5) is 8.70. The highest BCUT2D eigenvalue weighted by atomic mass is 19.4. The van der Waals surface area contributed by atoms with Crippen LogP contribution in [0.15, 0.2) is 0 Å². The Bertz CT molecular complexity index is 376. The molecule has 0 spiro atoms. The number of rotatable bonds is 6. The molecule has 0 rings (SSSR count).